The maximum atomic E-state index is 12.9. The van der Waals surface area contributed by atoms with E-state index < -0.39 is 10.0 Å². The summed E-state index contributed by atoms with van der Waals surface area (Å²) < 4.78 is 38.3. The molecule has 1 N–H and O–H groups in total. The molecule has 5 nitrogen and oxygen atoms in total. The van der Waals surface area contributed by atoms with E-state index in [2.05, 4.69) is 5.32 Å². The molecular formula is C19H21Cl2FN2O3S. The van der Waals surface area contributed by atoms with Crippen LogP contribution in [0, 0.1) is 5.82 Å². The van der Waals surface area contributed by atoms with Gasteiger partial charge in [0.25, 0.3) is 0 Å². The number of halogens is 3. The van der Waals surface area contributed by atoms with Crippen LogP contribution in [0.15, 0.2) is 42.5 Å². The van der Waals surface area contributed by atoms with Crippen molar-refractivity contribution in [1.29, 1.82) is 0 Å². The number of hydrogen-bond acceptors (Lipinski definition) is 3. The molecule has 0 saturated heterocycles. The molecule has 0 aliphatic carbocycles. The first-order valence-corrected chi connectivity index (χ1v) is 11.2. The zero-order valence-corrected chi connectivity index (χ0v) is 17.6. The zero-order chi connectivity index (χ0) is 20.7. The van der Waals surface area contributed by atoms with Gasteiger partial charge in [0.05, 0.1) is 17.0 Å². The van der Waals surface area contributed by atoms with E-state index in [1.807, 2.05) is 0 Å². The average Bonchev–Trinajstić information content (AvgIpc) is 2.62. The molecule has 0 spiro atoms. The first-order chi connectivity index (χ1) is 13.2. The number of nitrogens with zero attached hydrogens (tertiary/aromatic N) is 1. The Morgan fingerprint density at radius 1 is 1.14 bits per heavy atom. The van der Waals surface area contributed by atoms with Gasteiger partial charge in [-0.2, -0.15) is 0 Å². The van der Waals surface area contributed by atoms with E-state index in [1.54, 1.807) is 18.2 Å². The number of anilines is 1. The highest BCUT2D eigenvalue weighted by molar-refractivity contribution is 7.92. The molecule has 28 heavy (non-hydrogen) atoms. The molecule has 0 heterocycles. The Hall–Kier alpha value is -1.83. The van der Waals surface area contributed by atoms with Crippen LogP contribution in [0.5, 0.6) is 0 Å². The smallest absolute Gasteiger partial charge is 0.232 e. The second kappa shape index (κ2) is 10.1. The third kappa shape index (κ3) is 6.96. The van der Waals surface area contributed by atoms with Crippen molar-refractivity contribution in [2.45, 2.75) is 19.3 Å². The molecule has 0 aliphatic rings. The van der Waals surface area contributed by atoms with Crippen molar-refractivity contribution >= 4 is 44.8 Å². The summed E-state index contributed by atoms with van der Waals surface area (Å²) in [5, 5.41) is 3.40. The lowest BCUT2D eigenvalue weighted by molar-refractivity contribution is -0.121. The molecule has 0 atom stereocenters. The van der Waals surface area contributed by atoms with Crippen LogP contribution >= 0.6 is 23.2 Å². The Labute approximate surface area is 174 Å². The van der Waals surface area contributed by atoms with E-state index in [4.69, 9.17) is 23.2 Å². The van der Waals surface area contributed by atoms with Crippen molar-refractivity contribution in [3.63, 3.8) is 0 Å². The summed E-state index contributed by atoms with van der Waals surface area (Å²) in [6.07, 6.45) is 2.14. The van der Waals surface area contributed by atoms with Gasteiger partial charge in [0.1, 0.15) is 5.82 Å². The predicted molar refractivity (Wildman–Crippen MR) is 111 cm³/mol. The number of nitrogens with one attached hydrogen (secondary N) is 1. The van der Waals surface area contributed by atoms with Crippen molar-refractivity contribution in [2.24, 2.45) is 0 Å². The third-order valence-electron chi connectivity index (χ3n) is 3.99. The van der Waals surface area contributed by atoms with Gasteiger partial charge in [-0.25, -0.2) is 12.8 Å². The monoisotopic (exact) mass is 446 g/mol. The number of rotatable bonds is 9. The molecule has 0 unspecified atom stereocenters. The highest BCUT2D eigenvalue weighted by atomic mass is 35.5. The van der Waals surface area contributed by atoms with Gasteiger partial charge in [0, 0.05) is 24.5 Å². The first kappa shape index (κ1) is 22.5. The summed E-state index contributed by atoms with van der Waals surface area (Å²) in [4.78, 5) is 12.0. The second-order valence-electron chi connectivity index (χ2n) is 6.26. The highest BCUT2D eigenvalue weighted by Gasteiger charge is 2.20. The van der Waals surface area contributed by atoms with Gasteiger partial charge < -0.3 is 5.32 Å². The number of sulfonamides is 1. The van der Waals surface area contributed by atoms with Crippen LogP contribution in [0.25, 0.3) is 0 Å². The fourth-order valence-electron chi connectivity index (χ4n) is 2.61. The minimum absolute atomic E-state index is 0.101. The minimum atomic E-state index is -3.58. The normalized spacial score (nSPS) is 11.3. The van der Waals surface area contributed by atoms with Crippen LogP contribution in [-0.2, 0) is 21.2 Å². The molecule has 0 fully saturated rings. The summed E-state index contributed by atoms with van der Waals surface area (Å²) in [6, 6.07) is 10.7. The fourth-order valence-corrected chi connectivity index (χ4v) is 4.02. The lowest BCUT2D eigenvalue weighted by Gasteiger charge is -2.23. The number of hydrogen-bond donors (Lipinski definition) is 1. The Morgan fingerprint density at radius 3 is 2.46 bits per heavy atom. The van der Waals surface area contributed by atoms with Gasteiger partial charge in [0.2, 0.25) is 15.9 Å². The van der Waals surface area contributed by atoms with Gasteiger partial charge in [-0.05, 0) is 48.7 Å². The van der Waals surface area contributed by atoms with Gasteiger partial charge >= 0.3 is 0 Å². The predicted octanol–water partition coefficient (Wildman–Crippen LogP) is 4.04. The molecule has 2 aromatic rings. The molecule has 0 aromatic heterocycles. The molecule has 152 valence electrons. The molecule has 2 rings (SSSR count). The van der Waals surface area contributed by atoms with Gasteiger partial charge in [-0.15, -0.1) is 0 Å². The van der Waals surface area contributed by atoms with Gasteiger partial charge in [-0.1, -0.05) is 35.3 Å². The third-order valence-corrected chi connectivity index (χ3v) is 5.73. The van der Waals surface area contributed by atoms with Crippen LogP contribution in [-0.4, -0.2) is 33.7 Å². The maximum absolute atomic E-state index is 12.9. The van der Waals surface area contributed by atoms with E-state index in [9.17, 15) is 17.6 Å². The topological polar surface area (TPSA) is 66.5 Å². The molecular weight excluding hydrogens is 426 g/mol. The molecule has 0 saturated carbocycles. The van der Waals surface area contributed by atoms with E-state index in [0.29, 0.717) is 24.4 Å². The Bertz CT molecular complexity index is 921. The second-order valence-corrected chi connectivity index (χ2v) is 9.01. The number of carbonyl (C=O) groups excluding carboxylic acids is 1. The van der Waals surface area contributed by atoms with Gasteiger partial charge in [0.15, 0.2) is 0 Å². The SMILES string of the molecule is CS(=O)(=O)N(CCCC(=O)NCCc1ccc(F)cc1)c1cc(Cl)ccc1Cl. The van der Waals surface area contributed by atoms with Crippen LogP contribution in [0.2, 0.25) is 10.0 Å². The lowest BCUT2D eigenvalue weighted by Crippen LogP contribution is -2.32. The zero-order valence-electron chi connectivity index (χ0n) is 15.3. The summed E-state index contributed by atoms with van der Waals surface area (Å²) in [6.45, 7) is 0.519. The summed E-state index contributed by atoms with van der Waals surface area (Å²) >= 11 is 12.1. The summed E-state index contributed by atoms with van der Waals surface area (Å²) in [5.74, 6) is -0.490. The quantitative estimate of drug-likeness (QED) is 0.631. The number of benzene rings is 2. The molecule has 1 amide bonds. The fraction of sp³-hybridized carbons (Fsp3) is 0.316. The molecule has 0 aliphatic heterocycles. The molecule has 2 aromatic carbocycles. The molecule has 0 bridgehead atoms. The minimum Gasteiger partial charge on any atom is -0.356 e. The highest BCUT2D eigenvalue weighted by Crippen LogP contribution is 2.30. The van der Waals surface area contributed by atoms with E-state index in [1.165, 1.54) is 24.3 Å². The first-order valence-electron chi connectivity index (χ1n) is 8.61. The molecule has 0 radical (unpaired) electrons. The lowest BCUT2D eigenvalue weighted by atomic mass is 10.1. The van der Waals surface area contributed by atoms with E-state index in [0.717, 1.165) is 16.1 Å². The molecule has 9 heteroatoms. The van der Waals surface area contributed by atoms with E-state index in [-0.39, 0.29) is 35.4 Å². The Kier molecular flexibility index (Phi) is 8.10. The number of amides is 1. The van der Waals surface area contributed by atoms with Crippen molar-refractivity contribution < 1.29 is 17.6 Å². The summed E-state index contributed by atoms with van der Waals surface area (Å²) in [5.41, 5.74) is 1.20. The largest absolute Gasteiger partial charge is 0.356 e. The number of carbonyl (C=O) groups is 1. The maximum Gasteiger partial charge on any atom is 0.232 e. The van der Waals surface area contributed by atoms with Crippen molar-refractivity contribution in [3.8, 4) is 0 Å². The van der Waals surface area contributed by atoms with Crippen LogP contribution < -0.4 is 9.62 Å². The standard InChI is InChI=1S/C19H21Cl2FN2O3S/c1-28(26,27)24(18-13-15(20)6-9-17(18)21)12-2-3-19(25)23-11-10-14-4-7-16(22)8-5-14/h4-9,13H,2-3,10-12H2,1H3,(H,23,25). The van der Waals surface area contributed by atoms with E-state index >= 15 is 0 Å². The Balaban J connectivity index is 1.85. The van der Waals surface area contributed by atoms with Crippen molar-refractivity contribution in [2.75, 3.05) is 23.7 Å². The van der Waals surface area contributed by atoms with Crippen molar-refractivity contribution in [3.05, 3.63) is 63.9 Å². The van der Waals surface area contributed by atoms with Crippen LogP contribution in [0.3, 0.4) is 0 Å². The average molecular weight is 447 g/mol. The van der Waals surface area contributed by atoms with Gasteiger partial charge in [-0.3, -0.25) is 9.10 Å². The summed E-state index contributed by atoms with van der Waals surface area (Å²) in [7, 11) is -3.58. The van der Waals surface area contributed by atoms with Crippen molar-refractivity contribution in [1.82, 2.24) is 5.32 Å². The van der Waals surface area contributed by atoms with Crippen LogP contribution in [0.1, 0.15) is 18.4 Å². The van der Waals surface area contributed by atoms with Crippen LogP contribution in [0.4, 0.5) is 10.1 Å². The Morgan fingerprint density at radius 2 is 1.82 bits per heavy atom.